The van der Waals surface area contributed by atoms with Crippen molar-refractivity contribution in [3.05, 3.63) is 35.4 Å². The fourth-order valence-electron chi connectivity index (χ4n) is 0.937. The van der Waals surface area contributed by atoms with Gasteiger partial charge >= 0.3 is 11.9 Å². The van der Waals surface area contributed by atoms with Crippen LogP contribution in [0.15, 0.2) is 18.2 Å². The second-order valence-corrected chi connectivity index (χ2v) is 2.69. The van der Waals surface area contributed by atoms with E-state index in [1.165, 1.54) is 0 Å². The van der Waals surface area contributed by atoms with Crippen LogP contribution in [0.2, 0.25) is 0 Å². The van der Waals surface area contributed by atoms with Crippen molar-refractivity contribution in [2.75, 3.05) is 7.11 Å². The molecule has 2 nitrogen and oxygen atoms in total. The minimum absolute atomic E-state index is 0.256. The number of hydrogen-bond acceptors (Lipinski definition) is 2. The predicted octanol–water partition coefficient (Wildman–Crippen LogP) is 2.23. The van der Waals surface area contributed by atoms with Crippen LogP contribution in [0.4, 0.5) is 17.6 Å². The third-order valence-corrected chi connectivity index (χ3v) is 1.72. The molecule has 1 aromatic carbocycles. The summed E-state index contributed by atoms with van der Waals surface area (Å²) in [5.41, 5.74) is -0.951. The molecule has 0 spiro atoms. The van der Waals surface area contributed by atoms with Crippen molar-refractivity contribution < 1.29 is 27.1 Å². The Hall–Kier alpha value is -1.59. The van der Waals surface area contributed by atoms with Crippen LogP contribution in [0.5, 0.6) is 0 Å². The largest absolute Gasteiger partial charge is 0.464 e. The molecule has 6 heteroatoms. The molecule has 0 saturated heterocycles. The van der Waals surface area contributed by atoms with Gasteiger partial charge in [-0.15, -0.1) is 0 Å². The summed E-state index contributed by atoms with van der Waals surface area (Å²) in [4.78, 5) is 10.6. The zero-order valence-corrected chi connectivity index (χ0v) is 7.56. The summed E-state index contributed by atoms with van der Waals surface area (Å²) in [5.74, 6) is -8.52. The maximum Gasteiger partial charge on any atom is 0.381 e. The first-order valence-corrected chi connectivity index (χ1v) is 3.81. The molecule has 0 radical (unpaired) electrons. The Labute approximate surface area is 82.5 Å². The smallest absolute Gasteiger partial charge is 0.381 e. The Morgan fingerprint density at radius 2 is 1.87 bits per heavy atom. The van der Waals surface area contributed by atoms with E-state index in [0.717, 1.165) is 7.11 Å². The Kier molecular flexibility index (Phi) is 2.97. The second kappa shape index (κ2) is 3.88. The van der Waals surface area contributed by atoms with E-state index < -0.39 is 29.1 Å². The molecule has 1 aromatic rings. The summed E-state index contributed by atoms with van der Waals surface area (Å²) in [6.07, 6.45) is 0. The van der Waals surface area contributed by atoms with E-state index in [0.29, 0.717) is 12.1 Å². The molecule has 0 aliphatic heterocycles. The number of methoxy groups -OCH3 is 1. The summed E-state index contributed by atoms with van der Waals surface area (Å²) < 4.78 is 55.1. The number of ether oxygens (including phenoxy) is 1. The minimum Gasteiger partial charge on any atom is -0.464 e. The summed E-state index contributed by atoms with van der Waals surface area (Å²) in [6.45, 7) is 0. The normalized spacial score (nSPS) is 11.3. The molecule has 1 rings (SSSR count). The lowest BCUT2D eigenvalue weighted by Gasteiger charge is -2.13. The molecule has 0 atom stereocenters. The summed E-state index contributed by atoms with van der Waals surface area (Å²) in [6, 6.07) is 1.39. The van der Waals surface area contributed by atoms with E-state index in [1.807, 2.05) is 0 Å². The zero-order valence-electron chi connectivity index (χ0n) is 7.56. The molecule has 0 amide bonds. The van der Waals surface area contributed by atoms with Crippen LogP contribution in [0.3, 0.4) is 0 Å². The standard InChI is InChI=1S/C9H6F4O2/c1-15-8(14)9(12,13)5-2-3-6(10)7(11)4-5/h2-4H,1H3. The fraction of sp³-hybridized carbons (Fsp3) is 0.222. The Balaban J connectivity index is 3.16. The quantitative estimate of drug-likeness (QED) is 0.566. The van der Waals surface area contributed by atoms with E-state index in [9.17, 15) is 22.4 Å². The zero-order chi connectivity index (χ0) is 11.6. The number of benzene rings is 1. The molecule has 0 bridgehead atoms. The van der Waals surface area contributed by atoms with Crippen molar-refractivity contribution in [3.8, 4) is 0 Å². The van der Waals surface area contributed by atoms with Crippen LogP contribution >= 0.6 is 0 Å². The van der Waals surface area contributed by atoms with Crippen molar-refractivity contribution >= 4 is 5.97 Å². The first kappa shape index (κ1) is 11.5. The van der Waals surface area contributed by atoms with Crippen LogP contribution in [0.25, 0.3) is 0 Å². The van der Waals surface area contributed by atoms with Gasteiger partial charge in [0.25, 0.3) is 0 Å². The van der Waals surface area contributed by atoms with Crippen molar-refractivity contribution in [2.24, 2.45) is 0 Å². The van der Waals surface area contributed by atoms with E-state index in [-0.39, 0.29) is 6.07 Å². The van der Waals surface area contributed by atoms with Crippen LogP contribution in [0.1, 0.15) is 5.56 Å². The molecular weight excluding hydrogens is 216 g/mol. The van der Waals surface area contributed by atoms with Crippen LogP contribution in [-0.2, 0) is 15.5 Å². The number of hydrogen-bond donors (Lipinski definition) is 0. The van der Waals surface area contributed by atoms with Gasteiger partial charge < -0.3 is 4.74 Å². The van der Waals surface area contributed by atoms with Gasteiger partial charge in [-0.25, -0.2) is 13.6 Å². The molecule has 0 aromatic heterocycles. The monoisotopic (exact) mass is 222 g/mol. The van der Waals surface area contributed by atoms with Gasteiger partial charge in [0.05, 0.1) is 7.11 Å². The molecule has 0 fully saturated rings. The maximum atomic E-state index is 13.1. The minimum atomic E-state index is -3.98. The number of esters is 1. The number of rotatable bonds is 2. The third-order valence-electron chi connectivity index (χ3n) is 1.72. The fourth-order valence-corrected chi connectivity index (χ4v) is 0.937. The van der Waals surface area contributed by atoms with E-state index >= 15 is 0 Å². The van der Waals surface area contributed by atoms with Gasteiger partial charge in [0.1, 0.15) is 0 Å². The van der Waals surface area contributed by atoms with Crippen LogP contribution < -0.4 is 0 Å². The predicted molar refractivity (Wildman–Crippen MR) is 42.3 cm³/mol. The first-order valence-electron chi connectivity index (χ1n) is 3.81. The molecule has 0 aliphatic carbocycles. The summed E-state index contributed by atoms with van der Waals surface area (Å²) >= 11 is 0. The average molecular weight is 222 g/mol. The van der Waals surface area contributed by atoms with Gasteiger partial charge in [0, 0.05) is 5.56 Å². The topological polar surface area (TPSA) is 26.3 Å². The third kappa shape index (κ3) is 2.08. The highest BCUT2D eigenvalue weighted by Gasteiger charge is 2.42. The first-order chi connectivity index (χ1) is 6.89. The van der Waals surface area contributed by atoms with Gasteiger partial charge in [-0.1, -0.05) is 0 Å². The molecule has 0 heterocycles. The van der Waals surface area contributed by atoms with Crippen LogP contribution in [0, 0.1) is 11.6 Å². The Morgan fingerprint density at radius 3 is 2.33 bits per heavy atom. The molecule has 15 heavy (non-hydrogen) atoms. The molecule has 82 valence electrons. The summed E-state index contributed by atoms with van der Waals surface area (Å²) in [5, 5.41) is 0. The number of halogens is 4. The molecule has 0 N–H and O–H groups in total. The molecule has 0 unspecified atom stereocenters. The van der Waals surface area contributed by atoms with Gasteiger partial charge in [0.2, 0.25) is 0 Å². The maximum absolute atomic E-state index is 13.1. The Bertz CT molecular complexity index is 390. The van der Waals surface area contributed by atoms with Crippen LogP contribution in [-0.4, -0.2) is 13.1 Å². The average Bonchev–Trinajstić information content (AvgIpc) is 2.20. The molecular formula is C9H6F4O2. The van der Waals surface area contributed by atoms with Gasteiger partial charge in [-0.2, -0.15) is 8.78 Å². The highest BCUT2D eigenvalue weighted by Crippen LogP contribution is 2.30. The van der Waals surface area contributed by atoms with Gasteiger partial charge in [0.15, 0.2) is 11.6 Å². The second-order valence-electron chi connectivity index (χ2n) is 2.69. The van der Waals surface area contributed by atoms with Crippen molar-refractivity contribution in [3.63, 3.8) is 0 Å². The van der Waals surface area contributed by atoms with Crippen molar-refractivity contribution in [2.45, 2.75) is 5.92 Å². The highest BCUT2D eigenvalue weighted by atomic mass is 19.3. The Morgan fingerprint density at radius 1 is 1.27 bits per heavy atom. The van der Waals surface area contributed by atoms with E-state index in [4.69, 9.17) is 0 Å². The van der Waals surface area contributed by atoms with Crippen molar-refractivity contribution in [1.82, 2.24) is 0 Å². The summed E-state index contributed by atoms with van der Waals surface area (Å²) in [7, 11) is 0.774. The molecule has 0 saturated carbocycles. The van der Waals surface area contributed by atoms with E-state index in [1.54, 1.807) is 0 Å². The number of carbonyl (C=O) groups excluding carboxylic acids is 1. The molecule has 0 aliphatic rings. The lowest BCUT2D eigenvalue weighted by atomic mass is 10.1. The highest BCUT2D eigenvalue weighted by molar-refractivity contribution is 5.79. The lowest BCUT2D eigenvalue weighted by molar-refractivity contribution is -0.170. The number of alkyl halides is 2. The van der Waals surface area contributed by atoms with Gasteiger partial charge in [-0.05, 0) is 18.2 Å². The number of carbonyl (C=O) groups is 1. The van der Waals surface area contributed by atoms with Gasteiger partial charge in [-0.3, -0.25) is 0 Å². The lowest BCUT2D eigenvalue weighted by Crippen LogP contribution is -2.27. The van der Waals surface area contributed by atoms with E-state index in [2.05, 4.69) is 4.74 Å². The van der Waals surface area contributed by atoms with Crippen molar-refractivity contribution in [1.29, 1.82) is 0 Å². The SMILES string of the molecule is COC(=O)C(F)(F)c1ccc(F)c(F)c1.